The molecule has 0 aliphatic heterocycles. The highest BCUT2D eigenvalue weighted by atomic mass is 32.2. The Morgan fingerprint density at radius 2 is 1.20 bits per heavy atom. The molecular weight excluding hydrogens is 424 g/mol. The Labute approximate surface area is 180 Å². The van der Waals surface area contributed by atoms with Gasteiger partial charge in [-0.3, -0.25) is 9.11 Å². The van der Waals surface area contributed by atoms with Crippen molar-refractivity contribution in [1.82, 2.24) is 0 Å². The number of fused-ring (bicyclic) bond motifs is 1. The third-order valence-corrected chi connectivity index (χ3v) is 7.40. The maximum absolute atomic E-state index is 12.0. The van der Waals surface area contributed by atoms with E-state index in [1.807, 2.05) is 0 Å². The van der Waals surface area contributed by atoms with E-state index in [1.165, 1.54) is 44.6 Å². The SMILES string of the molecule is CCCCCCCCCCCCc1cc2ccccc2c(S(=O)(=O)O)c1S(=O)(=O)O. The number of aryl methyl sites for hydroxylation is 1. The Morgan fingerprint density at radius 3 is 1.73 bits per heavy atom. The molecule has 0 radical (unpaired) electrons. The van der Waals surface area contributed by atoms with Crippen molar-refractivity contribution in [2.45, 2.75) is 87.3 Å². The van der Waals surface area contributed by atoms with E-state index in [1.54, 1.807) is 24.3 Å². The highest BCUT2D eigenvalue weighted by Gasteiger charge is 2.29. The predicted octanol–water partition coefficient (Wildman–Crippen LogP) is 5.80. The number of hydrogen-bond acceptors (Lipinski definition) is 4. The molecule has 0 saturated heterocycles. The highest BCUT2D eigenvalue weighted by molar-refractivity contribution is 7.89. The lowest BCUT2D eigenvalue weighted by atomic mass is 10.0. The van der Waals surface area contributed by atoms with Gasteiger partial charge in [-0.2, -0.15) is 16.8 Å². The first-order chi connectivity index (χ1) is 14.2. The van der Waals surface area contributed by atoms with Crippen molar-refractivity contribution in [1.29, 1.82) is 0 Å². The molecule has 0 spiro atoms. The normalized spacial score (nSPS) is 12.5. The van der Waals surface area contributed by atoms with Crippen LogP contribution in [0.4, 0.5) is 0 Å². The summed E-state index contributed by atoms with van der Waals surface area (Å²) >= 11 is 0. The Hall–Kier alpha value is -1.48. The number of benzene rings is 2. The minimum Gasteiger partial charge on any atom is -0.282 e. The lowest BCUT2D eigenvalue weighted by Gasteiger charge is -2.14. The number of unbranched alkanes of at least 4 members (excludes halogenated alkanes) is 9. The third kappa shape index (κ3) is 7.04. The monoisotopic (exact) mass is 456 g/mol. The minimum atomic E-state index is -4.86. The van der Waals surface area contributed by atoms with Crippen LogP contribution >= 0.6 is 0 Å². The summed E-state index contributed by atoms with van der Waals surface area (Å²) in [5.74, 6) is 0. The molecule has 0 heterocycles. The van der Waals surface area contributed by atoms with E-state index in [4.69, 9.17) is 0 Å². The predicted molar refractivity (Wildman–Crippen MR) is 119 cm³/mol. The van der Waals surface area contributed by atoms with Gasteiger partial charge < -0.3 is 0 Å². The molecule has 0 unspecified atom stereocenters. The summed E-state index contributed by atoms with van der Waals surface area (Å²) in [4.78, 5) is -1.45. The zero-order chi connectivity index (χ0) is 22.2. The molecule has 2 rings (SSSR count). The van der Waals surface area contributed by atoms with Crippen molar-refractivity contribution in [3.8, 4) is 0 Å². The Morgan fingerprint density at radius 1 is 0.700 bits per heavy atom. The summed E-state index contributed by atoms with van der Waals surface area (Å²) in [7, 11) is -9.70. The van der Waals surface area contributed by atoms with E-state index in [0.29, 0.717) is 18.2 Å². The van der Waals surface area contributed by atoms with Crippen LogP contribution in [0.25, 0.3) is 10.8 Å². The number of hydrogen-bond donors (Lipinski definition) is 2. The van der Waals surface area contributed by atoms with E-state index < -0.39 is 30.0 Å². The smallest absolute Gasteiger partial charge is 0.282 e. The maximum Gasteiger partial charge on any atom is 0.296 e. The van der Waals surface area contributed by atoms with Gasteiger partial charge in [-0.05, 0) is 29.9 Å². The Kier molecular flexibility index (Phi) is 9.28. The van der Waals surface area contributed by atoms with E-state index in [-0.39, 0.29) is 10.9 Å². The van der Waals surface area contributed by atoms with Gasteiger partial charge in [-0.15, -0.1) is 0 Å². The second-order valence-electron chi connectivity index (χ2n) is 7.80. The molecule has 0 aromatic heterocycles. The second-order valence-corrected chi connectivity index (χ2v) is 10.5. The molecule has 30 heavy (non-hydrogen) atoms. The van der Waals surface area contributed by atoms with Crippen LogP contribution in [-0.2, 0) is 26.7 Å². The molecule has 0 saturated carbocycles. The van der Waals surface area contributed by atoms with Gasteiger partial charge >= 0.3 is 0 Å². The minimum absolute atomic E-state index is 0.0689. The van der Waals surface area contributed by atoms with Gasteiger partial charge in [0, 0.05) is 5.39 Å². The summed E-state index contributed by atoms with van der Waals surface area (Å²) < 4.78 is 67.5. The molecule has 0 fully saturated rings. The fourth-order valence-electron chi connectivity index (χ4n) is 3.88. The fourth-order valence-corrected chi connectivity index (χ4v) is 6.18. The first kappa shape index (κ1) is 24.8. The fraction of sp³-hybridized carbons (Fsp3) is 0.545. The van der Waals surface area contributed by atoms with Gasteiger partial charge in [-0.25, -0.2) is 0 Å². The van der Waals surface area contributed by atoms with Crippen molar-refractivity contribution >= 4 is 31.0 Å². The van der Waals surface area contributed by atoms with Crippen molar-refractivity contribution in [3.63, 3.8) is 0 Å². The molecular formula is C22H32O6S2. The van der Waals surface area contributed by atoms with Gasteiger partial charge in [-0.1, -0.05) is 89.0 Å². The standard InChI is InChI=1S/C22H32O6S2/c1-2-3-4-5-6-7-8-9-10-11-15-19-17-18-14-12-13-16-20(18)22(30(26,27)28)21(19)29(23,24)25/h12-14,16-17H,2-11,15H2,1H3,(H,23,24,25)(H,26,27,28). The highest BCUT2D eigenvalue weighted by Crippen LogP contribution is 2.34. The van der Waals surface area contributed by atoms with Gasteiger partial charge in [0.2, 0.25) is 0 Å². The summed E-state index contributed by atoms with van der Waals surface area (Å²) in [5.41, 5.74) is 0.211. The van der Waals surface area contributed by atoms with Gasteiger partial charge in [0.05, 0.1) is 0 Å². The van der Waals surface area contributed by atoms with Crippen LogP contribution in [0.3, 0.4) is 0 Å². The zero-order valence-corrected chi connectivity index (χ0v) is 19.1. The summed E-state index contributed by atoms with van der Waals surface area (Å²) in [6, 6.07) is 7.90. The largest absolute Gasteiger partial charge is 0.296 e. The van der Waals surface area contributed by atoms with Gasteiger partial charge in [0.25, 0.3) is 20.2 Å². The van der Waals surface area contributed by atoms with Crippen LogP contribution in [0.5, 0.6) is 0 Å². The molecule has 0 aliphatic rings. The molecule has 2 aromatic rings. The van der Waals surface area contributed by atoms with Crippen LogP contribution in [-0.4, -0.2) is 25.9 Å². The Balaban J connectivity index is 2.12. The van der Waals surface area contributed by atoms with Crippen molar-refractivity contribution in [3.05, 3.63) is 35.9 Å². The van der Waals surface area contributed by atoms with E-state index >= 15 is 0 Å². The molecule has 8 heteroatoms. The summed E-state index contributed by atoms with van der Waals surface area (Å²) in [5, 5.41) is 0.569. The number of rotatable bonds is 13. The average molecular weight is 457 g/mol. The summed E-state index contributed by atoms with van der Waals surface area (Å²) in [6.07, 6.45) is 11.5. The lowest BCUT2D eigenvalue weighted by molar-refractivity contribution is 0.466. The maximum atomic E-state index is 12.0. The van der Waals surface area contributed by atoms with Crippen LogP contribution in [0.2, 0.25) is 0 Å². The van der Waals surface area contributed by atoms with E-state index in [9.17, 15) is 25.9 Å². The first-order valence-electron chi connectivity index (χ1n) is 10.7. The van der Waals surface area contributed by atoms with E-state index in [2.05, 4.69) is 6.92 Å². The van der Waals surface area contributed by atoms with Gasteiger partial charge in [0.1, 0.15) is 9.79 Å². The molecule has 6 nitrogen and oxygen atoms in total. The average Bonchev–Trinajstić information content (AvgIpc) is 2.66. The first-order valence-corrected chi connectivity index (χ1v) is 13.5. The molecule has 0 amide bonds. The lowest BCUT2D eigenvalue weighted by Crippen LogP contribution is -2.12. The van der Waals surface area contributed by atoms with Crippen LogP contribution in [0.1, 0.15) is 76.7 Å². The quantitative estimate of drug-likeness (QED) is 0.291. The second kappa shape index (κ2) is 11.2. The van der Waals surface area contributed by atoms with Crippen molar-refractivity contribution in [2.75, 3.05) is 0 Å². The van der Waals surface area contributed by atoms with Crippen LogP contribution in [0.15, 0.2) is 40.1 Å². The molecule has 2 aromatic carbocycles. The molecule has 0 bridgehead atoms. The third-order valence-electron chi connectivity index (χ3n) is 5.35. The molecule has 0 aliphatic carbocycles. The molecule has 0 atom stereocenters. The van der Waals surface area contributed by atoms with Crippen molar-refractivity contribution < 1.29 is 25.9 Å². The Bertz CT molecular complexity index is 1040. The van der Waals surface area contributed by atoms with E-state index in [0.717, 1.165) is 19.3 Å². The van der Waals surface area contributed by atoms with Crippen molar-refractivity contribution in [2.24, 2.45) is 0 Å². The zero-order valence-electron chi connectivity index (χ0n) is 17.5. The van der Waals surface area contributed by atoms with Crippen LogP contribution < -0.4 is 0 Å². The van der Waals surface area contributed by atoms with Crippen LogP contribution in [0, 0.1) is 0 Å². The summed E-state index contributed by atoms with van der Waals surface area (Å²) in [6.45, 7) is 2.20. The van der Waals surface area contributed by atoms with Gasteiger partial charge in [0.15, 0.2) is 0 Å². The topological polar surface area (TPSA) is 109 Å². The molecule has 2 N–H and O–H groups in total. The molecule has 168 valence electrons.